The van der Waals surface area contributed by atoms with Crippen molar-refractivity contribution in [3.05, 3.63) is 52.9 Å². The minimum absolute atomic E-state index is 0.0760. The number of hydrogen-bond acceptors (Lipinski definition) is 6. The zero-order valence-electron chi connectivity index (χ0n) is 13.7. The molecular weight excluding hydrogens is 318 g/mol. The molecule has 0 radical (unpaired) electrons. The molecule has 0 bridgehead atoms. The van der Waals surface area contributed by atoms with E-state index in [0.29, 0.717) is 18.5 Å². The van der Waals surface area contributed by atoms with Gasteiger partial charge in [-0.05, 0) is 29.7 Å². The summed E-state index contributed by atoms with van der Waals surface area (Å²) in [5.41, 5.74) is 9.40. The number of fused-ring (bicyclic) bond motifs is 3. The summed E-state index contributed by atoms with van der Waals surface area (Å²) in [6.45, 7) is 0. The van der Waals surface area contributed by atoms with E-state index in [4.69, 9.17) is 20.6 Å². The largest absolute Gasteiger partial charge is 0.497 e. The molecule has 3 N–H and O–H groups in total. The maximum atomic E-state index is 9.55. The number of benzene rings is 1. The number of methoxy groups -OCH3 is 1. The second-order valence-corrected chi connectivity index (χ2v) is 6.11. The summed E-state index contributed by atoms with van der Waals surface area (Å²) in [4.78, 5) is 4.38. The van der Waals surface area contributed by atoms with Crippen molar-refractivity contribution in [2.45, 2.75) is 24.9 Å². The highest BCUT2D eigenvalue weighted by molar-refractivity contribution is 5.76. The number of imidazole rings is 1. The molecule has 1 aliphatic carbocycles. The number of ether oxygens (including phenoxy) is 2. The Morgan fingerprint density at radius 1 is 1.48 bits per heavy atom. The van der Waals surface area contributed by atoms with Crippen molar-refractivity contribution in [2.24, 2.45) is 0 Å². The SMILES string of the molecule is COc1cccc(C2CC3=CCC(=N)OC3c3nc(N)n(C#N)c32)c1. The molecule has 2 unspecified atom stereocenters. The highest BCUT2D eigenvalue weighted by atomic mass is 16.5. The number of rotatable bonds is 2. The monoisotopic (exact) mass is 335 g/mol. The highest BCUT2D eigenvalue weighted by Gasteiger charge is 2.40. The average molecular weight is 335 g/mol. The van der Waals surface area contributed by atoms with Gasteiger partial charge in [-0.2, -0.15) is 5.26 Å². The van der Waals surface area contributed by atoms with Gasteiger partial charge in [0, 0.05) is 12.3 Å². The first-order valence-corrected chi connectivity index (χ1v) is 7.97. The topological polar surface area (TPSA) is 110 Å². The quantitative estimate of drug-likeness (QED) is 0.820. The molecule has 1 aromatic heterocycles. The molecule has 4 rings (SSSR count). The van der Waals surface area contributed by atoms with Gasteiger partial charge in [-0.3, -0.25) is 5.41 Å². The van der Waals surface area contributed by atoms with Crippen molar-refractivity contribution in [1.29, 1.82) is 10.7 Å². The lowest BCUT2D eigenvalue weighted by Gasteiger charge is -2.33. The van der Waals surface area contributed by atoms with E-state index in [1.807, 2.05) is 30.3 Å². The van der Waals surface area contributed by atoms with Gasteiger partial charge in [0.15, 0.2) is 18.2 Å². The average Bonchev–Trinajstić information content (AvgIpc) is 2.97. The highest BCUT2D eigenvalue weighted by Crippen LogP contribution is 2.47. The first-order chi connectivity index (χ1) is 12.1. The molecule has 0 amide bonds. The molecule has 2 heterocycles. The van der Waals surface area contributed by atoms with Gasteiger partial charge < -0.3 is 15.2 Å². The fraction of sp³-hybridized carbons (Fsp3) is 0.278. The first-order valence-electron chi connectivity index (χ1n) is 7.97. The number of nitriles is 1. The molecule has 1 aromatic carbocycles. The molecule has 7 nitrogen and oxygen atoms in total. The third kappa shape index (κ3) is 2.34. The Balaban J connectivity index is 1.91. The van der Waals surface area contributed by atoms with Gasteiger partial charge >= 0.3 is 0 Å². The number of nitrogen functional groups attached to an aromatic ring is 1. The van der Waals surface area contributed by atoms with Gasteiger partial charge in [-0.25, -0.2) is 9.55 Å². The van der Waals surface area contributed by atoms with Gasteiger partial charge in [-0.15, -0.1) is 0 Å². The van der Waals surface area contributed by atoms with Crippen LogP contribution < -0.4 is 10.5 Å². The van der Waals surface area contributed by atoms with Crippen LogP contribution in [0.1, 0.15) is 41.8 Å². The third-order valence-electron chi connectivity index (χ3n) is 4.73. The minimum atomic E-state index is -0.435. The molecule has 2 aromatic rings. The summed E-state index contributed by atoms with van der Waals surface area (Å²) in [6.07, 6.45) is 4.85. The molecule has 0 spiro atoms. The van der Waals surface area contributed by atoms with Gasteiger partial charge in [0.1, 0.15) is 11.4 Å². The summed E-state index contributed by atoms with van der Waals surface area (Å²) in [5, 5.41) is 17.4. The summed E-state index contributed by atoms with van der Waals surface area (Å²) in [5.74, 6) is 1.02. The predicted octanol–water partition coefficient (Wildman–Crippen LogP) is 2.70. The molecule has 2 aliphatic rings. The van der Waals surface area contributed by atoms with Crippen LogP contribution in [0.4, 0.5) is 5.95 Å². The Morgan fingerprint density at radius 3 is 3.08 bits per heavy atom. The fourth-order valence-electron chi connectivity index (χ4n) is 3.59. The van der Waals surface area contributed by atoms with Gasteiger partial charge in [0.2, 0.25) is 5.95 Å². The maximum Gasteiger partial charge on any atom is 0.214 e. The number of hydrogen-bond donors (Lipinski definition) is 2. The molecule has 0 saturated carbocycles. The van der Waals surface area contributed by atoms with Crippen molar-refractivity contribution in [3.8, 4) is 11.9 Å². The fourth-order valence-corrected chi connectivity index (χ4v) is 3.59. The van der Waals surface area contributed by atoms with Crippen molar-refractivity contribution < 1.29 is 9.47 Å². The molecule has 25 heavy (non-hydrogen) atoms. The Morgan fingerprint density at radius 2 is 2.32 bits per heavy atom. The minimum Gasteiger partial charge on any atom is -0.497 e. The molecule has 2 atom stereocenters. The van der Waals surface area contributed by atoms with Crippen LogP contribution in [0.2, 0.25) is 0 Å². The van der Waals surface area contributed by atoms with Crippen molar-refractivity contribution in [2.75, 3.05) is 12.8 Å². The van der Waals surface area contributed by atoms with Gasteiger partial charge in [-0.1, -0.05) is 18.2 Å². The molecule has 7 heteroatoms. The Hall–Kier alpha value is -3.27. The summed E-state index contributed by atoms with van der Waals surface area (Å²) in [6, 6.07) is 7.79. The zero-order chi connectivity index (χ0) is 17.6. The second-order valence-electron chi connectivity index (χ2n) is 6.11. The summed E-state index contributed by atoms with van der Waals surface area (Å²) < 4.78 is 12.4. The number of aromatic nitrogens is 2. The van der Waals surface area contributed by atoms with Crippen LogP contribution >= 0.6 is 0 Å². The van der Waals surface area contributed by atoms with Crippen LogP contribution in [0, 0.1) is 16.9 Å². The lowest BCUT2D eigenvalue weighted by Crippen LogP contribution is -2.26. The summed E-state index contributed by atoms with van der Waals surface area (Å²) in [7, 11) is 1.63. The molecule has 0 fully saturated rings. The van der Waals surface area contributed by atoms with E-state index in [-0.39, 0.29) is 17.8 Å². The lowest BCUT2D eigenvalue weighted by atomic mass is 9.79. The molecular formula is C18H17N5O2. The van der Waals surface area contributed by atoms with E-state index in [2.05, 4.69) is 11.2 Å². The standard InChI is InChI=1S/C18H17N5O2/c1-24-12-4-2-3-10(7-12)13-8-11-5-6-14(20)25-17(11)15-16(13)23(9-19)18(21)22-15/h2-5,7,13,17,20H,6,8H2,1H3,(H2,21,22). The van der Waals surface area contributed by atoms with E-state index in [1.54, 1.807) is 7.11 Å². The maximum absolute atomic E-state index is 9.55. The van der Waals surface area contributed by atoms with Crippen LogP contribution in [-0.2, 0) is 4.74 Å². The predicted molar refractivity (Wildman–Crippen MR) is 91.4 cm³/mol. The van der Waals surface area contributed by atoms with Crippen LogP contribution in [-0.4, -0.2) is 22.6 Å². The van der Waals surface area contributed by atoms with Crippen LogP contribution in [0.15, 0.2) is 35.9 Å². The number of nitrogens with two attached hydrogens (primary N) is 1. The molecule has 126 valence electrons. The molecule has 1 aliphatic heterocycles. The smallest absolute Gasteiger partial charge is 0.214 e. The van der Waals surface area contributed by atoms with Crippen molar-refractivity contribution in [3.63, 3.8) is 0 Å². The Labute approximate surface area is 144 Å². The normalized spacial score (nSPS) is 21.4. The third-order valence-corrected chi connectivity index (χ3v) is 4.73. The Kier molecular flexibility index (Phi) is 3.46. The van der Waals surface area contributed by atoms with Crippen molar-refractivity contribution in [1.82, 2.24) is 9.55 Å². The van der Waals surface area contributed by atoms with Crippen LogP contribution in [0.3, 0.4) is 0 Å². The van der Waals surface area contributed by atoms with E-state index in [1.165, 1.54) is 4.57 Å². The van der Waals surface area contributed by atoms with Crippen LogP contribution in [0.5, 0.6) is 5.75 Å². The molecule has 0 saturated heterocycles. The summed E-state index contributed by atoms with van der Waals surface area (Å²) >= 11 is 0. The van der Waals surface area contributed by atoms with E-state index in [9.17, 15) is 5.26 Å². The van der Waals surface area contributed by atoms with Gasteiger partial charge in [0.05, 0.1) is 12.8 Å². The number of nitrogens with zero attached hydrogens (tertiary/aromatic N) is 3. The van der Waals surface area contributed by atoms with E-state index >= 15 is 0 Å². The Bertz CT molecular complexity index is 937. The lowest BCUT2D eigenvalue weighted by molar-refractivity contribution is 0.195. The number of nitrogens with one attached hydrogen (secondary N) is 1. The van der Waals surface area contributed by atoms with Gasteiger partial charge in [0.25, 0.3) is 0 Å². The number of anilines is 1. The van der Waals surface area contributed by atoms with Crippen molar-refractivity contribution >= 4 is 11.8 Å². The van der Waals surface area contributed by atoms with E-state index < -0.39 is 6.10 Å². The zero-order valence-corrected chi connectivity index (χ0v) is 13.7. The van der Waals surface area contributed by atoms with E-state index in [0.717, 1.165) is 22.6 Å². The first kappa shape index (κ1) is 15.3. The second kappa shape index (κ2) is 5.67. The van der Waals surface area contributed by atoms with Crippen LogP contribution in [0.25, 0.3) is 0 Å².